The highest BCUT2D eigenvalue weighted by atomic mass is 14.7. The minimum Gasteiger partial charge on any atom is -0.0648 e. The minimum atomic E-state index is 0.578. The van der Waals surface area contributed by atoms with Crippen molar-refractivity contribution in [3.05, 3.63) is 0 Å². The molecule has 0 radical (unpaired) electrons. The normalized spacial score (nSPS) is 52.8. The van der Waals surface area contributed by atoms with E-state index in [4.69, 9.17) is 0 Å². The summed E-state index contributed by atoms with van der Waals surface area (Å²) in [6.45, 7) is 12.5. The average Bonchev–Trinajstić information content (AvgIpc) is 2.51. The highest BCUT2D eigenvalue weighted by molar-refractivity contribution is 5.14. The predicted molar refractivity (Wildman–Crippen MR) is 57.6 cm³/mol. The molecule has 2 aliphatic carbocycles. The van der Waals surface area contributed by atoms with Gasteiger partial charge in [-0.25, -0.2) is 0 Å². The number of hydrogen-bond acceptors (Lipinski definition) is 0. The van der Waals surface area contributed by atoms with Crippen LogP contribution in [0.25, 0.3) is 0 Å². The Morgan fingerprint density at radius 3 is 2.08 bits per heavy atom. The Morgan fingerprint density at radius 1 is 1.15 bits per heavy atom. The Labute approximate surface area is 83.1 Å². The Kier molecular flexibility index (Phi) is 1.71. The Hall–Kier alpha value is 0. The lowest BCUT2D eigenvalue weighted by atomic mass is 9.53. The van der Waals surface area contributed by atoms with Gasteiger partial charge in [0.05, 0.1) is 0 Å². The summed E-state index contributed by atoms with van der Waals surface area (Å²) in [5.41, 5.74) is 1.81. The molecule has 0 heteroatoms. The van der Waals surface area contributed by atoms with Crippen molar-refractivity contribution >= 4 is 0 Å². The Bertz CT molecular complexity index is 221. The third-order valence-corrected chi connectivity index (χ3v) is 6.22. The lowest BCUT2D eigenvalue weighted by Gasteiger charge is -2.52. The zero-order valence-corrected chi connectivity index (χ0v) is 9.91. The highest BCUT2D eigenvalue weighted by Gasteiger charge is 2.65. The van der Waals surface area contributed by atoms with Crippen LogP contribution < -0.4 is 0 Å². The van der Waals surface area contributed by atoms with Crippen LogP contribution in [0, 0.1) is 22.2 Å². The summed E-state index contributed by atoms with van der Waals surface area (Å²) in [6.07, 6.45) is 5.81. The van der Waals surface area contributed by atoms with Crippen molar-refractivity contribution in [1.82, 2.24) is 0 Å². The SMILES string of the molecule is CC[C@@]1(C)C2(C)CCC(C2)C1(C)C. The van der Waals surface area contributed by atoms with Gasteiger partial charge in [0.1, 0.15) is 0 Å². The second-order valence-electron chi connectivity index (χ2n) is 6.41. The first-order valence-electron chi connectivity index (χ1n) is 5.87. The minimum absolute atomic E-state index is 0.578. The van der Waals surface area contributed by atoms with Crippen molar-refractivity contribution < 1.29 is 0 Å². The highest BCUT2D eigenvalue weighted by Crippen LogP contribution is 2.73. The quantitative estimate of drug-likeness (QED) is 0.566. The van der Waals surface area contributed by atoms with Gasteiger partial charge < -0.3 is 0 Å². The van der Waals surface area contributed by atoms with Gasteiger partial charge in [0.25, 0.3) is 0 Å². The van der Waals surface area contributed by atoms with Crippen molar-refractivity contribution in [1.29, 1.82) is 0 Å². The van der Waals surface area contributed by atoms with Gasteiger partial charge >= 0.3 is 0 Å². The smallest absolute Gasteiger partial charge is 0.0221 e. The molecule has 76 valence electrons. The molecular weight excluding hydrogens is 156 g/mol. The van der Waals surface area contributed by atoms with E-state index in [2.05, 4.69) is 34.6 Å². The third kappa shape index (κ3) is 0.831. The van der Waals surface area contributed by atoms with E-state index in [0.29, 0.717) is 16.2 Å². The predicted octanol–water partition coefficient (Wildman–Crippen LogP) is 4.25. The molecule has 0 amide bonds. The van der Waals surface area contributed by atoms with Crippen molar-refractivity contribution in [2.24, 2.45) is 22.2 Å². The molecule has 0 aromatic rings. The molecule has 0 saturated heterocycles. The van der Waals surface area contributed by atoms with Crippen LogP contribution in [0.15, 0.2) is 0 Å². The first kappa shape index (κ1) is 9.55. The standard InChI is InChI=1S/C13H24/c1-6-13(5)11(2,3)10-7-8-12(13,4)9-10/h10H,6-9H2,1-5H3/t10?,12?,13-/m1/s1. The number of hydrogen-bond donors (Lipinski definition) is 0. The second-order valence-corrected chi connectivity index (χ2v) is 6.41. The van der Waals surface area contributed by atoms with E-state index in [1.807, 2.05) is 0 Å². The van der Waals surface area contributed by atoms with Crippen molar-refractivity contribution in [2.45, 2.75) is 60.3 Å². The summed E-state index contributed by atoms with van der Waals surface area (Å²) in [5.74, 6) is 1.00. The van der Waals surface area contributed by atoms with Crippen molar-refractivity contribution in [3.8, 4) is 0 Å². The van der Waals surface area contributed by atoms with E-state index in [9.17, 15) is 0 Å². The average molecular weight is 180 g/mol. The van der Waals surface area contributed by atoms with E-state index >= 15 is 0 Å². The lowest BCUT2D eigenvalue weighted by molar-refractivity contribution is -0.0318. The van der Waals surface area contributed by atoms with Crippen LogP contribution in [0.3, 0.4) is 0 Å². The van der Waals surface area contributed by atoms with Crippen LogP contribution in [-0.4, -0.2) is 0 Å². The van der Waals surface area contributed by atoms with Crippen LogP contribution in [0.5, 0.6) is 0 Å². The molecule has 0 aromatic heterocycles. The first-order valence-corrected chi connectivity index (χ1v) is 5.87. The molecule has 2 rings (SSSR count). The topological polar surface area (TPSA) is 0 Å². The second kappa shape index (κ2) is 2.32. The molecule has 2 aliphatic rings. The molecular formula is C13H24. The summed E-state index contributed by atoms with van der Waals surface area (Å²) in [5, 5.41) is 0. The van der Waals surface area contributed by atoms with Crippen molar-refractivity contribution in [2.75, 3.05) is 0 Å². The van der Waals surface area contributed by atoms with Gasteiger partial charge in [-0.05, 0) is 47.8 Å². The molecule has 0 heterocycles. The molecule has 2 bridgehead atoms. The molecule has 2 unspecified atom stereocenters. The molecule has 3 atom stereocenters. The van der Waals surface area contributed by atoms with Gasteiger partial charge in [0.15, 0.2) is 0 Å². The van der Waals surface area contributed by atoms with Crippen molar-refractivity contribution in [3.63, 3.8) is 0 Å². The summed E-state index contributed by atoms with van der Waals surface area (Å²) in [4.78, 5) is 0. The molecule has 0 N–H and O–H groups in total. The van der Waals surface area contributed by atoms with E-state index < -0.39 is 0 Å². The maximum Gasteiger partial charge on any atom is -0.0221 e. The molecule has 0 spiro atoms. The lowest BCUT2D eigenvalue weighted by Crippen LogP contribution is -2.44. The number of rotatable bonds is 1. The largest absolute Gasteiger partial charge is 0.0648 e. The number of fused-ring (bicyclic) bond motifs is 2. The van der Waals surface area contributed by atoms with Crippen LogP contribution in [0.4, 0.5) is 0 Å². The summed E-state index contributed by atoms with van der Waals surface area (Å²) >= 11 is 0. The van der Waals surface area contributed by atoms with Crippen LogP contribution in [-0.2, 0) is 0 Å². The van der Waals surface area contributed by atoms with Gasteiger partial charge in [-0.1, -0.05) is 34.6 Å². The van der Waals surface area contributed by atoms with Gasteiger partial charge in [-0.15, -0.1) is 0 Å². The van der Waals surface area contributed by atoms with E-state index in [0.717, 1.165) is 5.92 Å². The fourth-order valence-corrected chi connectivity index (χ4v) is 4.47. The zero-order chi connectivity index (χ0) is 9.91. The van der Waals surface area contributed by atoms with Gasteiger partial charge in [0, 0.05) is 0 Å². The summed E-state index contributed by atoms with van der Waals surface area (Å²) in [6, 6.07) is 0. The fourth-order valence-electron chi connectivity index (χ4n) is 4.47. The Balaban J connectivity index is 2.45. The molecule has 0 aliphatic heterocycles. The Morgan fingerprint density at radius 2 is 1.77 bits per heavy atom. The van der Waals surface area contributed by atoms with Gasteiger partial charge in [-0.2, -0.15) is 0 Å². The monoisotopic (exact) mass is 180 g/mol. The maximum atomic E-state index is 2.53. The molecule has 0 nitrogen and oxygen atoms in total. The molecule has 13 heavy (non-hydrogen) atoms. The molecule has 2 saturated carbocycles. The van der Waals surface area contributed by atoms with E-state index in [1.54, 1.807) is 0 Å². The van der Waals surface area contributed by atoms with Gasteiger partial charge in [-0.3, -0.25) is 0 Å². The van der Waals surface area contributed by atoms with E-state index in [-0.39, 0.29) is 0 Å². The van der Waals surface area contributed by atoms with Crippen LogP contribution in [0.1, 0.15) is 60.3 Å². The fraction of sp³-hybridized carbons (Fsp3) is 1.00. The zero-order valence-electron chi connectivity index (χ0n) is 9.91. The first-order chi connectivity index (χ1) is 5.87. The van der Waals surface area contributed by atoms with Crippen LogP contribution >= 0.6 is 0 Å². The molecule has 0 aromatic carbocycles. The maximum absolute atomic E-state index is 2.53. The third-order valence-electron chi connectivity index (χ3n) is 6.22. The summed E-state index contributed by atoms with van der Waals surface area (Å²) in [7, 11) is 0. The van der Waals surface area contributed by atoms with E-state index in [1.165, 1.54) is 25.7 Å². The van der Waals surface area contributed by atoms with Gasteiger partial charge in [0.2, 0.25) is 0 Å². The van der Waals surface area contributed by atoms with Crippen LogP contribution in [0.2, 0.25) is 0 Å². The molecule has 2 fully saturated rings. The summed E-state index contributed by atoms with van der Waals surface area (Å²) < 4.78 is 0.